The van der Waals surface area contributed by atoms with Crippen LogP contribution in [0.25, 0.3) is 0 Å². The molecule has 28 heavy (non-hydrogen) atoms. The van der Waals surface area contributed by atoms with E-state index >= 15 is 0 Å². The number of para-hydroxylation sites is 1. The second-order valence-electron chi connectivity index (χ2n) is 7.98. The van der Waals surface area contributed by atoms with Gasteiger partial charge in [0, 0.05) is 44.8 Å². The highest BCUT2D eigenvalue weighted by atomic mass is 35.5. The molecule has 1 saturated heterocycles. The Morgan fingerprint density at radius 1 is 0.929 bits per heavy atom. The number of hydrazine groups is 1. The van der Waals surface area contributed by atoms with Crippen LogP contribution in [0.1, 0.15) is 18.1 Å². The number of halogens is 1. The summed E-state index contributed by atoms with van der Waals surface area (Å²) in [6, 6.07) is 17.1. The molecule has 0 aliphatic carbocycles. The number of anilines is 1. The summed E-state index contributed by atoms with van der Waals surface area (Å²) >= 11 is 6.36. The highest BCUT2D eigenvalue weighted by molar-refractivity contribution is 6.33. The molecule has 2 aromatic rings. The van der Waals surface area contributed by atoms with Crippen molar-refractivity contribution in [3.63, 3.8) is 0 Å². The topological polar surface area (TPSA) is 21.8 Å². The number of nitrogens with one attached hydrogen (secondary N) is 1. The van der Waals surface area contributed by atoms with Crippen molar-refractivity contribution in [1.29, 1.82) is 0 Å². The minimum atomic E-state index is 0.775. The monoisotopic (exact) mass is 396 g/mol. The molecular weight excluding hydrogens is 368 g/mol. The molecule has 2 heterocycles. The van der Waals surface area contributed by atoms with Crippen molar-refractivity contribution >= 4 is 17.3 Å². The van der Waals surface area contributed by atoms with Crippen molar-refractivity contribution in [3.8, 4) is 0 Å². The lowest BCUT2D eigenvalue weighted by Crippen LogP contribution is -2.43. The molecule has 4 nitrogen and oxygen atoms in total. The Morgan fingerprint density at radius 2 is 1.61 bits per heavy atom. The molecule has 0 amide bonds. The van der Waals surface area contributed by atoms with Crippen molar-refractivity contribution in [3.05, 3.63) is 76.0 Å². The molecule has 0 bridgehead atoms. The maximum absolute atomic E-state index is 6.36. The first kappa shape index (κ1) is 19.3. The van der Waals surface area contributed by atoms with Gasteiger partial charge in [-0.15, -0.1) is 0 Å². The van der Waals surface area contributed by atoms with Crippen LogP contribution >= 0.6 is 11.6 Å². The molecule has 2 aromatic carbocycles. The molecule has 1 fully saturated rings. The first-order chi connectivity index (χ1) is 13.6. The predicted molar refractivity (Wildman–Crippen MR) is 118 cm³/mol. The third kappa shape index (κ3) is 4.52. The Bertz CT molecular complexity index is 838. The van der Waals surface area contributed by atoms with Gasteiger partial charge in [0.2, 0.25) is 0 Å². The van der Waals surface area contributed by atoms with Gasteiger partial charge in [0.05, 0.1) is 17.3 Å². The largest absolute Gasteiger partial charge is 0.304 e. The van der Waals surface area contributed by atoms with Gasteiger partial charge in [-0.05, 0) is 42.8 Å². The van der Waals surface area contributed by atoms with E-state index in [0.29, 0.717) is 0 Å². The number of likely N-dealkylation sites (N-methyl/N-ethyl adjacent to an activating group) is 1. The zero-order valence-electron chi connectivity index (χ0n) is 16.8. The van der Waals surface area contributed by atoms with E-state index < -0.39 is 0 Å². The minimum absolute atomic E-state index is 0.775. The summed E-state index contributed by atoms with van der Waals surface area (Å²) in [6.07, 6.45) is 0.918. The fourth-order valence-corrected chi connectivity index (χ4v) is 4.11. The molecular formula is C23H29ClN4. The van der Waals surface area contributed by atoms with Gasteiger partial charge in [-0.25, -0.2) is 0 Å². The van der Waals surface area contributed by atoms with Crippen molar-refractivity contribution in [1.82, 2.24) is 15.2 Å². The fourth-order valence-electron chi connectivity index (χ4n) is 3.87. The number of nitrogens with zero attached hydrogens (tertiary/aromatic N) is 3. The van der Waals surface area contributed by atoms with Crippen molar-refractivity contribution in [2.24, 2.45) is 0 Å². The van der Waals surface area contributed by atoms with E-state index in [9.17, 15) is 0 Å². The molecule has 2 aliphatic heterocycles. The summed E-state index contributed by atoms with van der Waals surface area (Å²) in [5.74, 6) is 0. The number of hydrogen-bond donors (Lipinski definition) is 1. The SMILES string of the molecule is CC1=C(Cc2ccc(CN3CCN(C)CC3)cc2)NN(c2ccccc2Cl)C1. The lowest BCUT2D eigenvalue weighted by Gasteiger charge is -2.32. The summed E-state index contributed by atoms with van der Waals surface area (Å²) in [5, 5.41) is 2.91. The van der Waals surface area contributed by atoms with Crippen LogP contribution in [-0.2, 0) is 13.0 Å². The van der Waals surface area contributed by atoms with Crippen molar-refractivity contribution in [2.45, 2.75) is 19.9 Å². The Labute approximate surface area is 173 Å². The standard InChI is InChI=1S/C23H29ClN4/c1-18-16-28(23-6-4-3-5-21(23)24)25-22(18)15-19-7-9-20(10-8-19)17-27-13-11-26(2)12-14-27/h3-10,25H,11-17H2,1-2H3. The summed E-state index contributed by atoms with van der Waals surface area (Å²) in [7, 11) is 2.20. The van der Waals surface area contributed by atoms with Gasteiger partial charge < -0.3 is 10.3 Å². The zero-order chi connectivity index (χ0) is 19.5. The van der Waals surface area contributed by atoms with E-state index in [2.05, 4.69) is 64.5 Å². The molecule has 5 heteroatoms. The van der Waals surface area contributed by atoms with Crippen LogP contribution in [0.15, 0.2) is 59.8 Å². The average molecular weight is 397 g/mol. The molecule has 0 radical (unpaired) electrons. The van der Waals surface area contributed by atoms with Crippen LogP contribution in [0, 0.1) is 0 Å². The van der Waals surface area contributed by atoms with E-state index in [1.54, 1.807) is 0 Å². The molecule has 1 N–H and O–H groups in total. The van der Waals surface area contributed by atoms with Gasteiger partial charge in [-0.1, -0.05) is 48.0 Å². The van der Waals surface area contributed by atoms with Crippen LogP contribution in [0.5, 0.6) is 0 Å². The summed E-state index contributed by atoms with van der Waals surface area (Å²) in [5.41, 5.74) is 9.94. The van der Waals surface area contributed by atoms with Crippen LogP contribution in [0.3, 0.4) is 0 Å². The minimum Gasteiger partial charge on any atom is -0.304 e. The van der Waals surface area contributed by atoms with E-state index in [4.69, 9.17) is 11.6 Å². The third-order valence-electron chi connectivity index (χ3n) is 5.73. The van der Waals surface area contributed by atoms with E-state index in [1.165, 1.54) is 35.5 Å². The van der Waals surface area contributed by atoms with Crippen LogP contribution in [0.2, 0.25) is 5.02 Å². The molecule has 0 atom stereocenters. The molecule has 2 aliphatic rings. The molecule has 0 saturated carbocycles. The fraction of sp³-hybridized carbons (Fsp3) is 0.391. The summed E-state index contributed by atoms with van der Waals surface area (Å²) < 4.78 is 0. The highest BCUT2D eigenvalue weighted by Crippen LogP contribution is 2.28. The van der Waals surface area contributed by atoms with Gasteiger partial charge in [-0.2, -0.15) is 0 Å². The highest BCUT2D eigenvalue weighted by Gasteiger charge is 2.20. The maximum atomic E-state index is 6.36. The average Bonchev–Trinajstić information content (AvgIpc) is 3.06. The molecule has 148 valence electrons. The van der Waals surface area contributed by atoms with Crippen LogP contribution in [-0.4, -0.2) is 49.6 Å². The maximum Gasteiger partial charge on any atom is 0.0761 e. The van der Waals surface area contributed by atoms with Gasteiger partial charge in [0.25, 0.3) is 0 Å². The number of hydrogen-bond acceptors (Lipinski definition) is 4. The second kappa shape index (κ2) is 8.56. The Morgan fingerprint density at radius 3 is 2.32 bits per heavy atom. The van der Waals surface area contributed by atoms with Gasteiger partial charge in [0.15, 0.2) is 0 Å². The zero-order valence-corrected chi connectivity index (χ0v) is 17.5. The Balaban J connectivity index is 1.35. The number of allylic oxidation sites excluding steroid dienone is 1. The Hall–Kier alpha value is -2.01. The predicted octanol–water partition coefficient (Wildman–Crippen LogP) is 3.93. The quantitative estimate of drug-likeness (QED) is 0.826. The Kier molecular flexibility index (Phi) is 5.90. The van der Waals surface area contributed by atoms with Gasteiger partial charge >= 0.3 is 0 Å². The smallest absolute Gasteiger partial charge is 0.0761 e. The number of benzene rings is 2. The molecule has 0 aromatic heterocycles. The second-order valence-corrected chi connectivity index (χ2v) is 8.39. The van der Waals surface area contributed by atoms with Crippen molar-refractivity contribution in [2.75, 3.05) is 44.8 Å². The van der Waals surface area contributed by atoms with Gasteiger partial charge in [-0.3, -0.25) is 9.91 Å². The summed E-state index contributed by atoms with van der Waals surface area (Å²) in [4.78, 5) is 4.94. The summed E-state index contributed by atoms with van der Waals surface area (Å²) in [6.45, 7) is 8.76. The number of rotatable bonds is 5. The third-order valence-corrected chi connectivity index (χ3v) is 6.05. The van der Waals surface area contributed by atoms with E-state index in [-0.39, 0.29) is 0 Å². The number of piperazine rings is 1. The van der Waals surface area contributed by atoms with E-state index in [1.807, 2.05) is 18.2 Å². The first-order valence-corrected chi connectivity index (χ1v) is 10.4. The molecule has 4 rings (SSSR count). The van der Waals surface area contributed by atoms with Crippen molar-refractivity contribution < 1.29 is 0 Å². The lowest BCUT2D eigenvalue weighted by molar-refractivity contribution is 0.148. The molecule has 0 spiro atoms. The normalized spacial score (nSPS) is 18.6. The van der Waals surface area contributed by atoms with E-state index in [0.717, 1.165) is 43.3 Å². The van der Waals surface area contributed by atoms with Crippen LogP contribution in [0.4, 0.5) is 5.69 Å². The van der Waals surface area contributed by atoms with Crippen LogP contribution < -0.4 is 10.4 Å². The first-order valence-electron chi connectivity index (χ1n) is 10.0. The van der Waals surface area contributed by atoms with Gasteiger partial charge in [0.1, 0.15) is 0 Å². The lowest BCUT2D eigenvalue weighted by atomic mass is 10.0. The molecule has 0 unspecified atom stereocenters.